The zero-order valence-electron chi connectivity index (χ0n) is 17.7. The van der Waals surface area contributed by atoms with Crippen molar-refractivity contribution in [2.45, 2.75) is 6.54 Å². The number of H-pyrrole nitrogens is 1. The number of fused-ring (bicyclic) bond motifs is 1. The van der Waals surface area contributed by atoms with Crippen LogP contribution in [0, 0.1) is 11.6 Å². The number of nitrogens with one attached hydrogen (secondary N) is 1. The number of nitrogen functional groups attached to an aromatic ring is 1. The molecule has 5 aromatic rings. The fourth-order valence-electron chi connectivity index (χ4n) is 3.64. The van der Waals surface area contributed by atoms with E-state index in [1.54, 1.807) is 0 Å². The topological polar surface area (TPSA) is 127 Å². The largest absolute Gasteiger partial charge is 0.411 e. The Kier molecular flexibility index (Phi) is 4.97. The number of aromatic nitrogens is 7. The van der Waals surface area contributed by atoms with Gasteiger partial charge in [0.15, 0.2) is 0 Å². The van der Waals surface area contributed by atoms with E-state index < -0.39 is 17.3 Å². The van der Waals surface area contributed by atoms with Crippen molar-refractivity contribution < 1.29 is 13.8 Å². The summed E-state index contributed by atoms with van der Waals surface area (Å²) in [4.78, 5) is 32.0. The molecular formula is C22H17F2N8O2+. The second kappa shape index (κ2) is 7.99. The molecule has 0 saturated heterocycles. The standard InChI is InChI=1S/C22H16F2N8O2/c1-30-17(33)9-8-15(28-30)18-19(12-4-6-13(23)7-5-12)27-21(25)32-20(18)29-31(22(32)34)11-16-14(24)3-2-10-26-16/h2-10H,11H2,1H3,(H2,25,27)/p+1. The van der Waals surface area contributed by atoms with Crippen LogP contribution in [0.5, 0.6) is 0 Å². The molecule has 0 bridgehead atoms. The highest BCUT2D eigenvalue weighted by molar-refractivity contribution is 5.86. The van der Waals surface area contributed by atoms with Crippen LogP contribution in [-0.2, 0) is 13.6 Å². The molecule has 0 radical (unpaired) electrons. The molecule has 0 spiro atoms. The van der Waals surface area contributed by atoms with Crippen LogP contribution >= 0.6 is 0 Å². The van der Waals surface area contributed by atoms with Gasteiger partial charge in [-0.25, -0.2) is 23.2 Å². The van der Waals surface area contributed by atoms with Gasteiger partial charge in [-0.05, 0) is 42.5 Å². The van der Waals surface area contributed by atoms with Gasteiger partial charge in [0.05, 0.1) is 17.9 Å². The van der Waals surface area contributed by atoms with Crippen molar-refractivity contribution in [3.63, 3.8) is 0 Å². The maximum absolute atomic E-state index is 14.2. The summed E-state index contributed by atoms with van der Waals surface area (Å²) >= 11 is 0. The Morgan fingerprint density at radius 3 is 2.50 bits per heavy atom. The first kappa shape index (κ1) is 21.1. The van der Waals surface area contributed by atoms with Crippen LogP contribution < -0.4 is 22.0 Å². The number of hydrogen-bond acceptors (Lipinski definition) is 6. The van der Waals surface area contributed by atoms with Crippen molar-refractivity contribution >= 4 is 11.6 Å². The molecule has 0 aliphatic carbocycles. The van der Waals surface area contributed by atoms with Gasteiger partial charge in [-0.3, -0.25) is 15.5 Å². The van der Waals surface area contributed by atoms with Gasteiger partial charge in [0.25, 0.3) is 5.56 Å². The van der Waals surface area contributed by atoms with Gasteiger partial charge in [0, 0.05) is 24.9 Å². The molecule has 0 amide bonds. The number of halogens is 2. The molecule has 0 saturated carbocycles. The van der Waals surface area contributed by atoms with Gasteiger partial charge < -0.3 is 0 Å². The van der Waals surface area contributed by atoms with Crippen molar-refractivity contribution in [1.82, 2.24) is 28.9 Å². The molecule has 0 aliphatic rings. The van der Waals surface area contributed by atoms with Crippen molar-refractivity contribution in [2.75, 3.05) is 5.73 Å². The van der Waals surface area contributed by atoms with E-state index >= 15 is 0 Å². The van der Waals surface area contributed by atoms with E-state index in [-0.39, 0.29) is 29.4 Å². The minimum atomic E-state index is -0.634. The first-order chi connectivity index (χ1) is 16.3. The lowest BCUT2D eigenvalue weighted by Gasteiger charge is -2.09. The van der Waals surface area contributed by atoms with Crippen LogP contribution in [0.3, 0.4) is 0 Å². The second-order valence-corrected chi connectivity index (χ2v) is 7.48. The van der Waals surface area contributed by atoms with E-state index in [4.69, 9.17) is 5.73 Å². The number of rotatable bonds is 4. The quantitative estimate of drug-likeness (QED) is 0.424. The predicted molar refractivity (Wildman–Crippen MR) is 118 cm³/mol. The number of benzene rings is 1. The second-order valence-electron chi connectivity index (χ2n) is 7.48. The summed E-state index contributed by atoms with van der Waals surface area (Å²) in [6.45, 7) is -0.237. The molecule has 10 nitrogen and oxygen atoms in total. The minimum absolute atomic E-state index is 0.0242. The first-order valence-corrected chi connectivity index (χ1v) is 10.1. The van der Waals surface area contributed by atoms with Gasteiger partial charge in [0.2, 0.25) is 5.65 Å². The summed E-state index contributed by atoms with van der Waals surface area (Å²) in [6.07, 6.45) is 1.41. The van der Waals surface area contributed by atoms with Crippen LogP contribution in [0.4, 0.5) is 14.7 Å². The monoisotopic (exact) mass is 463 g/mol. The molecule has 1 aromatic carbocycles. The lowest BCUT2D eigenvalue weighted by molar-refractivity contribution is -0.351. The average molecular weight is 463 g/mol. The molecule has 170 valence electrons. The Morgan fingerprint density at radius 1 is 1.03 bits per heavy atom. The van der Waals surface area contributed by atoms with Crippen molar-refractivity contribution in [3.8, 4) is 22.5 Å². The Bertz CT molecular complexity index is 1670. The van der Waals surface area contributed by atoms with Crippen molar-refractivity contribution in [1.29, 1.82) is 0 Å². The van der Waals surface area contributed by atoms with Crippen LogP contribution in [0.2, 0.25) is 0 Å². The minimum Gasteiger partial charge on any atom is -0.290 e. The summed E-state index contributed by atoms with van der Waals surface area (Å²) in [5, 5.41) is 8.70. The molecule has 12 heteroatoms. The Morgan fingerprint density at radius 2 is 1.79 bits per heavy atom. The molecule has 4 aromatic heterocycles. The third-order valence-corrected chi connectivity index (χ3v) is 5.29. The van der Waals surface area contributed by atoms with Crippen LogP contribution in [0.1, 0.15) is 5.69 Å². The van der Waals surface area contributed by atoms with E-state index in [1.807, 2.05) is 0 Å². The number of aryl methyl sites for hydroxylation is 1. The average Bonchev–Trinajstić information content (AvgIpc) is 3.14. The van der Waals surface area contributed by atoms with Gasteiger partial charge in [-0.2, -0.15) is 9.78 Å². The normalized spacial score (nSPS) is 11.3. The molecule has 4 heterocycles. The van der Waals surface area contributed by atoms with E-state index in [9.17, 15) is 18.4 Å². The van der Waals surface area contributed by atoms with Crippen LogP contribution in [0.15, 0.2) is 64.3 Å². The van der Waals surface area contributed by atoms with Gasteiger partial charge in [-0.15, -0.1) is 9.50 Å². The third-order valence-electron chi connectivity index (χ3n) is 5.29. The zero-order valence-corrected chi connectivity index (χ0v) is 17.7. The first-order valence-electron chi connectivity index (χ1n) is 10.1. The summed E-state index contributed by atoms with van der Waals surface area (Å²) in [6, 6.07) is 11.1. The maximum Gasteiger partial charge on any atom is 0.411 e. The lowest BCUT2D eigenvalue weighted by atomic mass is 10.0. The fourth-order valence-corrected chi connectivity index (χ4v) is 3.64. The molecule has 0 unspecified atom stereocenters. The highest BCUT2D eigenvalue weighted by Gasteiger charge is 2.27. The maximum atomic E-state index is 14.2. The molecule has 0 fully saturated rings. The molecular weight excluding hydrogens is 446 g/mol. The van der Waals surface area contributed by atoms with E-state index in [0.717, 1.165) is 13.8 Å². The van der Waals surface area contributed by atoms with Crippen LogP contribution in [-0.4, -0.2) is 28.9 Å². The summed E-state index contributed by atoms with van der Waals surface area (Å²) < 4.78 is 31.0. The third kappa shape index (κ3) is 3.50. The highest BCUT2D eigenvalue weighted by Crippen LogP contribution is 2.30. The van der Waals surface area contributed by atoms with Crippen molar-refractivity contribution in [3.05, 3.63) is 92.9 Å². The number of nitrogens with zero attached hydrogens (tertiary/aromatic N) is 6. The molecule has 0 atom stereocenters. The highest BCUT2D eigenvalue weighted by atomic mass is 19.1. The smallest absolute Gasteiger partial charge is 0.290 e. The number of nitrogens with two attached hydrogens (primary N) is 1. The van der Waals surface area contributed by atoms with Gasteiger partial charge in [-0.1, -0.05) is 0 Å². The molecule has 0 aliphatic heterocycles. The number of aromatic amines is 1. The fraction of sp³-hybridized carbons (Fsp3) is 0.0909. The Hall–Kier alpha value is -4.74. The number of hydrogen-bond donors (Lipinski definition) is 1. The van der Waals surface area contributed by atoms with Crippen LogP contribution in [0.25, 0.3) is 28.2 Å². The lowest BCUT2D eigenvalue weighted by Crippen LogP contribution is -2.28. The Labute approximate surface area is 189 Å². The number of anilines is 1. The molecule has 5 rings (SSSR count). The molecule has 34 heavy (non-hydrogen) atoms. The number of pyridine rings is 1. The summed E-state index contributed by atoms with van der Waals surface area (Å²) in [5.74, 6) is -1.07. The summed E-state index contributed by atoms with van der Waals surface area (Å²) in [5.41, 5.74) is 6.94. The predicted octanol–water partition coefficient (Wildman–Crippen LogP) is 1.04. The van der Waals surface area contributed by atoms with Gasteiger partial charge >= 0.3 is 11.6 Å². The van der Waals surface area contributed by atoms with E-state index in [0.29, 0.717) is 22.5 Å². The van der Waals surface area contributed by atoms with E-state index in [1.165, 1.54) is 61.8 Å². The Balaban J connectivity index is 1.83. The van der Waals surface area contributed by atoms with Crippen molar-refractivity contribution in [2.24, 2.45) is 7.05 Å². The SMILES string of the molecule is Cn1nc(-c2c(-c3ccc(F)cc3)[nH+]c(N)n3c(=O)n(Cc4ncccc4F)nc23)ccc1=O. The zero-order chi connectivity index (χ0) is 24.0. The molecule has 3 N–H and O–H groups in total. The van der Waals surface area contributed by atoms with Gasteiger partial charge in [0.1, 0.15) is 22.9 Å². The van der Waals surface area contributed by atoms with E-state index in [2.05, 4.69) is 20.2 Å². The summed E-state index contributed by atoms with van der Waals surface area (Å²) in [7, 11) is 1.48.